The van der Waals surface area contributed by atoms with Crippen LogP contribution in [0.5, 0.6) is 0 Å². The summed E-state index contributed by atoms with van der Waals surface area (Å²) >= 11 is 0. The zero-order valence-electron chi connectivity index (χ0n) is 10.1. The van der Waals surface area contributed by atoms with Gasteiger partial charge in [-0.05, 0) is 58.3 Å². The van der Waals surface area contributed by atoms with E-state index in [1.807, 2.05) is 19.9 Å². The highest BCUT2D eigenvalue weighted by molar-refractivity contribution is 5.08. The van der Waals surface area contributed by atoms with Crippen LogP contribution in [-0.4, -0.2) is 10.7 Å². The van der Waals surface area contributed by atoms with Crippen LogP contribution in [0.15, 0.2) is 24.3 Å². The van der Waals surface area contributed by atoms with Gasteiger partial charge in [0.1, 0.15) is 0 Å². The Balaban J connectivity index is 2.39. The quantitative estimate of drug-likeness (QED) is 0.681. The van der Waals surface area contributed by atoms with Crippen molar-refractivity contribution in [3.05, 3.63) is 24.3 Å². The first-order chi connectivity index (χ1) is 7.01. The van der Waals surface area contributed by atoms with Crippen molar-refractivity contribution in [3.63, 3.8) is 0 Å². The molecule has 0 saturated carbocycles. The molecule has 0 radical (unpaired) electrons. The first kappa shape index (κ1) is 12.5. The molecule has 0 bridgehead atoms. The third-order valence-electron chi connectivity index (χ3n) is 3.02. The minimum atomic E-state index is -0.508. The molecule has 0 fully saturated rings. The van der Waals surface area contributed by atoms with Crippen LogP contribution in [0.1, 0.15) is 52.4 Å². The molecular weight excluding hydrogens is 184 g/mol. The predicted molar refractivity (Wildman–Crippen MR) is 65.8 cm³/mol. The minimum absolute atomic E-state index is 0.508. The van der Waals surface area contributed by atoms with Crippen LogP contribution < -0.4 is 0 Å². The highest BCUT2D eigenvalue weighted by Crippen LogP contribution is 2.32. The zero-order chi connectivity index (χ0) is 11.3. The molecule has 1 aliphatic rings. The number of hydrogen-bond acceptors (Lipinski definition) is 1. The molecule has 1 nitrogen and oxygen atoms in total. The molecule has 0 heterocycles. The molecule has 0 saturated heterocycles. The summed E-state index contributed by atoms with van der Waals surface area (Å²) in [5, 5.41) is 9.80. The Kier molecular flexibility index (Phi) is 4.59. The van der Waals surface area contributed by atoms with E-state index in [1.165, 1.54) is 19.3 Å². The maximum Gasteiger partial charge on any atom is 0.0594 e. The Bertz CT molecular complexity index is 232. The maximum absolute atomic E-state index is 9.80. The van der Waals surface area contributed by atoms with E-state index >= 15 is 0 Å². The van der Waals surface area contributed by atoms with Gasteiger partial charge in [0, 0.05) is 0 Å². The van der Waals surface area contributed by atoms with Crippen molar-refractivity contribution in [2.45, 2.75) is 58.0 Å². The summed E-state index contributed by atoms with van der Waals surface area (Å²) in [4.78, 5) is 0. The van der Waals surface area contributed by atoms with E-state index in [0.717, 1.165) is 19.3 Å². The lowest BCUT2D eigenvalue weighted by Gasteiger charge is -2.28. The smallest absolute Gasteiger partial charge is 0.0594 e. The van der Waals surface area contributed by atoms with Gasteiger partial charge in [0.25, 0.3) is 0 Å². The fourth-order valence-corrected chi connectivity index (χ4v) is 2.45. The highest BCUT2D eigenvalue weighted by Gasteiger charge is 2.22. The normalized spacial score (nSPS) is 22.3. The Hall–Kier alpha value is -0.560. The minimum Gasteiger partial charge on any atom is -0.390 e. The summed E-state index contributed by atoms with van der Waals surface area (Å²) in [6.07, 6.45) is 11.1. The lowest BCUT2D eigenvalue weighted by Crippen LogP contribution is -2.24. The van der Waals surface area contributed by atoms with Gasteiger partial charge in [-0.2, -0.15) is 0 Å². The third-order valence-corrected chi connectivity index (χ3v) is 3.02. The molecule has 15 heavy (non-hydrogen) atoms. The number of hydrogen-bond donors (Lipinski definition) is 1. The molecule has 1 rings (SSSR count). The second-order valence-corrected chi connectivity index (χ2v) is 5.35. The highest BCUT2D eigenvalue weighted by atomic mass is 16.3. The van der Waals surface area contributed by atoms with E-state index in [-0.39, 0.29) is 0 Å². The molecule has 0 aliphatic heterocycles. The standard InChI is InChI=1S/C14H24O/c1-4-5-7-12-8-6-9-13(10-12)11-14(2,3)15/h4,8,13,15H,1,5-7,9-11H2,2-3H3. The second-order valence-electron chi connectivity index (χ2n) is 5.35. The van der Waals surface area contributed by atoms with Crippen molar-refractivity contribution >= 4 is 0 Å². The summed E-state index contributed by atoms with van der Waals surface area (Å²) in [5.74, 6) is 0.676. The SMILES string of the molecule is C=CCCC1=CCCC(CC(C)(C)O)C1. The molecule has 1 aliphatic carbocycles. The van der Waals surface area contributed by atoms with Crippen LogP contribution in [0.25, 0.3) is 0 Å². The average Bonchev–Trinajstić information content (AvgIpc) is 2.12. The fraction of sp³-hybridized carbons (Fsp3) is 0.714. The predicted octanol–water partition coefficient (Wildman–Crippen LogP) is 3.84. The first-order valence-electron chi connectivity index (χ1n) is 6.02. The van der Waals surface area contributed by atoms with Crippen LogP contribution in [-0.2, 0) is 0 Å². The molecule has 1 atom stereocenters. The third kappa shape index (κ3) is 5.17. The molecule has 0 amide bonds. The lowest BCUT2D eigenvalue weighted by atomic mass is 9.81. The van der Waals surface area contributed by atoms with Crippen LogP contribution >= 0.6 is 0 Å². The molecule has 0 aromatic heterocycles. The number of rotatable bonds is 5. The van der Waals surface area contributed by atoms with Gasteiger partial charge in [0.15, 0.2) is 0 Å². The molecule has 1 heteroatoms. The van der Waals surface area contributed by atoms with Gasteiger partial charge in [-0.3, -0.25) is 0 Å². The van der Waals surface area contributed by atoms with Crippen molar-refractivity contribution < 1.29 is 5.11 Å². The molecule has 86 valence electrons. The zero-order valence-corrected chi connectivity index (χ0v) is 10.1. The summed E-state index contributed by atoms with van der Waals surface area (Å²) < 4.78 is 0. The van der Waals surface area contributed by atoms with Gasteiger partial charge in [0.2, 0.25) is 0 Å². The van der Waals surface area contributed by atoms with Crippen LogP contribution in [0, 0.1) is 5.92 Å². The molecule has 1 unspecified atom stereocenters. The molecule has 0 aromatic carbocycles. The van der Waals surface area contributed by atoms with Gasteiger partial charge >= 0.3 is 0 Å². The van der Waals surface area contributed by atoms with Gasteiger partial charge in [-0.15, -0.1) is 6.58 Å². The van der Waals surface area contributed by atoms with Gasteiger partial charge in [0.05, 0.1) is 5.60 Å². The number of aliphatic hydroxyl groups is 1. The summed E-state index contributed by atoms with van der Waals surface area (Å²) in [6.45, 7) is 7.58. The Labute approximate surface area is 93.9 Å². The first-order valence-corrected chi connectivity index (χ1v) is 6.02. The monoisotopic (exact) mass is 208 g/mol. The van der Waals surface area contributed by atoms with Crippen LogP contribution in [0.3, 0.4) is 0 Å². The van der Waals surface area contributed by atoms with Crippen LogP contribution in [0.4, 0.5) is 0 Å². The van der Waals surface area contributed by atoms with E-state index in [2.05, 4.69) is 12.7 Å². The Morgan fingerprint density at radius 1 is 1.60 bits per heavy atom. The molecule has 1 N–H and O–H groups in total. The summed E-state index contributed by atoms with van der Waals surface area (Å²) in [6, 6.07) is 0. The van der Waals surface area contributed by atoms with Gasteiger partial charge in [-0.1, -0.05) is 17.7 Å². The van der Waals surface area contributed by atoms with Crippen molar-refractivity contribution in [2.24, 2.45) is 5.92 Å². The van der Waals surface area contributed by atoms with E-state index in [0.29, 0.717) is 5.92 Å². The fourth-order valence-electron chi connectivity index (χ4n) is 2.45. The van der Waals surface area contributed by atoms with Crippen LogP contribution in [0.2, 0.25) is 0 Å². The Morgan fingerprint density at radius 2 is 2.33 bits per heavy atom. The summed E-state index contributed by atoms with van der Waals surface area (Å²) in [7, 11) is 0. The van der Waals surface area contributed by atoms with E-state index in [1.54, 1.807) is 5.57 Å². The van der Waals surface area contributed by atoms with E-state index in [9.17, 15) is 5.11 Å². The van der Waals surface area contributed by atoms with Gasteiger partial charge < -0.3 is 5.11 Å². The Morgan fingerprint density at radius 3 is 2.93 bits per heavy atom. The topological polar surface area (TPSA) is 20.2 Å². The van der Waals surface area contributed by atoms with Crippen molar-refractivity contribution in [1.29, 1.82) is 0 Å². The van der Waals surface area contributed by atoms with Crippen molar-refractivity contribution in [2.75, 3.05) is 0 Å². The summed E-state index contributed by atoms with van der Waals surface area (Å²) in [5.41, 5.74) is 1.06. The number of allylic oxidation sites excluding steroid dienone is 3. The van der Waals surface area contributed by atoms with Crippen molar-refractivity contribution in [1.82, 2.24) is 0 Å². The molecular formula is C14H24O. The van der Waals surface area contributed by atoms with Crippen molar-refractivity contribution in [3.8, 4) is 0 Å². The lowest BCUT2D eigenvalue weighted by molar-refractivity contribution is 0.0503. The molecule has 0 aromatic rings. The average molecular weight is 208 g/mol. The maximum atomic E-state index is 9.80. The largest absolute Gasteiger partial charge is 0.390 e. The van der Waals surface area contributed by atoms with E-state index < -0.39 is 5.60 Å². The molecule has 0 spiro atoms. The van der Waals surface area contributed by atoms with E-state index in [4.69, 9.17) is 0 Å². The van der Waals surface area contributed by atoms with Gasteiger partial charge in [-0.25, -0.2) is 0 Å². The second kappa shape index (κ2) is 5.50.